The van der Waals surface area contributed by atoms with Crippen LogP contribution >= 0.6 is 11.6 Å². The molecule has 0 spiro atoms. The Hall–Kier alpha value is -0.580. The molecular weight excluding hydrogens is 294 g/mol. The molecule has 5 heteroatoms. The molecular formula is C15H20ClNO2S. The lowest BCUT2D eigenvalue weighted by atomic mass is 9.95. The van der Waals surface area contributed by atoms with Crippen molar-refractivity contribution in [1.82, 2.24) is 4.31 Å². The molecule has 2 fully saturated rings. The van der Waals surface area contributed by atoms with Gasteiger partial charge in [-0.05, 0) is 49.3 Å². The zero-order valence-corrected chi connectivity index (χ0v) is 13.0. The molecule has 1 saturated heterocycles. The molecule has 1 aliphatic heterocycles. The van der Waals surface area contributed by atoms with E-state index in [-0.39, 0.29) is 5.25 Å². The third-order valence-electron chi connectivity index (χ3n) is 4.28. The first-order chi connectivity index (χ1) is 9.57. The monoisotopic (exact) mass is 313 g/mol. The van der Waals surface area contributed by atoms with Gasteiger partial charge in [0.25, 0.3) is 0 Å². The van der Waals surface area contributed by atoms with Crippen LogP contribution in [0.1, 0.15) is 43.6 Å². The van der Waals surface area contributed by atoms with Crippen molar-refractivity contribution in [2.75, 3.05) is 13.1 Å². The highest BCUT2D eigenvalue weighted by Gasteiger charge is 2.41. The van der Waals surface area contributed by atoms with Gasteiger partial charge in [0.1, 0.15) is 0 Å². The Bertz CT molecular complexity index is 566. The minimum atomic E-state index is -3.05. The number of benzene rings is 1. The van der Waals surface area contributed by atoms with Crippen molar-refractivity contribution in [3.8, 4) is 0 Å². The van der Waals surface area contributed by atoms with Crippen LogP contribution in [0, 0.1) is 0 Å². The summed E-state index contributed by atoms with van der Waals surface area (Å²) in [5, 5.41) is 0.622. The van der Waals surface area contributed by atoms with Gasteiger partial charge in [-0.3, -0.25) is 0 Å². The zero-order valence-electron chi connectivity index (χ0n) is 11.5. The third-order valence-corrected chi connectivity index (χ3v) is 6.90. The van der Waals surface area contributed by atoms with Crippen molar-refractivity contribution in [3.05, 3.63) is 34.9 Å². The summed E-state index contributed by atoms with van der Waals surface area (Å²) in [6, 6.07) is 7.84. The summed E-state index contributed by atoms with van der Waals surface area (Å²) in [5.41, 5.74) is 1.20. The highest BCUT2D eigenvalue weighted by atomic mass is 35.5. The summed E-state index contributed by atoms with van der Waals surface area (Å²) in [4.78, 5) is 0. The van der Waals surface area contributed by atoms with Crippen LogP contribution in [0.3, 0.4) is 0 Å². The van der Waals surface area contributed by atoms with Gasteiger partial charge in [0.15, 0.2) is 0 Å². The van der Waals surface area contributed by atoms with Gasteiger partial charge in [0, 0.05) is 18.1 Å². The lowest BCUT2D eigenvalue weighted by Gasteiger charge is -2.24. The number of halogens is 1. The first kappa shape index (κ1) is 14.4. The quantitative estimate of drug-likeness (QED) is 0.857. The number of sulfonamides is 1. The minimum absolute atomic E-state index is 0.105. The van der Waals surface area contributed by atoms with Crippen LogP contribution in [0.2, 0.25) is 5.02 Å². The molecule has 1 aliphatic carbocycles. The molecule has 1 heterocycles. The Kier molecular flexibility index (Phi) is 4.07. The van der Waals surface area contributed by atoms with Gasteiger partial charge < -0.3 is 0 Å². The summed E-state index contributed by atoms with van der Waals surface area (Å²) >= 11 is 5.93. The zero-order chi connectivity index (χ0) is 14.2. The van der Waals surface area contributed by atoms with Crippen LogP contribution in [0.5, 0.6) is 0 Å². The Morgan fingerprint density at radius 2 is 1.75 bits per heavy atom. The Morgan fingerprint density at radius 1 is 1.05 bits per heavy atom. The van der Waals surface area contributed by atoms with Gasteiger partial charge in [0.2, 0.25) is 10.0 Å². The SMILES string of the molecule is O=S(=O)(C1CC1)N1CCCCC(c2ccc(Cl)cc2)C1. The lowest BCUT2D eigenvalue weighted by Crippen LogP contribution is -2.36. The molecule has 3 nitrogen and oxygen atoms in total. The molecule has 0 amide bonds. The maximum atomic E-state index is 12.4. The van der Waals surface area contributed by atoms with Crippen molar-refractivity contribution in [3.63, 3.8) is 0 Å². The first-order valence-corrected chi connectivity index (χ1v) is 9.20. The number of hydrogen-bond donors (Lipinski definition) is 0. The van der Waals surface area contributed by atoms with Crippen molar-refractivity contribution in [2.24, 2.45) is 0 Å². The van der Waals surface area contributed by atoms with Crippen LogP contribution in [0.15, 0.2) is 24.3 Å². The maximum absolute atomic E-state index is 12.4. The third kappa shape index (κ3) is 3.02. The smallest absolute Gasteiger partial charge is 0.212 e. The summed E-state index contributed by atoms with van der Waals surface area (Å²) in [6.07, 6.45) is 4.78. The van der Waals surface area contributed by atoms with Crippen LogP contribution in [0.4, 0.5) is 0 Å². The summed E-state index contributed by atoms with van der Waals surface area (Å²) in [6.45, 7) is 1.31. The maximum Gasteiger partial charge on any atom is 0.217 e. The van der Waals surface area contributed by atoms with E-state index in [0.717, 1.165) is 37.1 Å². The van der Waals surface area contributed by atoms with Crippen LogP contribution < -0.4 is 0 Å². The van der Waals surface area contributed by atoms with E-state index in [1.807, 2.05) is 24.3 Å². The number of nitrogens with zero attached hydrogens (tertiary/aromatic N) is 1. The second kappa shape index (κ2) is 5.66. The predicted octanol–water partition coefficient (Wildman–Crippen LogP) is 3.40. The van der Waals surface area contributed by atoms with Crippen molar-refractivity contribution in [1.29, 1.82) is 0 Å². The minimum Gasteiger partial charge on any atom is -0.212 e. The highest BCUT2D eigenvalue weighted by molar-refractivity contribution is 7.90. The molecule has 2 aliphatic rings. The van der Waals surface area contributed by atoms with E-state index >= 15 is 0 Å². The highest BCUT2D eigenvalue weighted by Crippen LogP contribution is 2.35. The Balaban J connectivity index is 1.80. The summed E-state index contributed by atoms with van der Waals surface area (Å²) < 4.78 is 26.6. The molecule has 0 bridgehead atoms. The second-order valence-electron chi connectivity index (χ2n) is 5.85. The molecule has 1 aromatic rings. The van der Waals surface area contributed by atoms with Crippen LogP contribution in [-0.4, -0.2) is 31.1 Å². The fraction of sp³-hybridized carbons (Fsp3) is 0.600. The van der Waals surface area contributed by atoms with E-state index < -0.39 is 10.0 Å². The van der Waals surface area contributed by atoms with Gasteiger partial charge in [-0.25, -0.2) is 12.7 Å². The second-order valence-corrected chi connectivity index (χ2v) is 8.50. The van der Waals surface area contributed by atoms with E-state index in [9.17, 15) is 8.42 Å². The summed E-state index contributed by atoms with van der Waals surface area (Å²) in [5.74, 6) is 0.295. The Morgan fingerprint density at radius 3 is 2.40 bits per heavy atom. The van der Waals surface area contributed by atoms with Crippen molar-refractivity contribution >= 4 is 21.6 Å². The average molecular weight is 314 g/mol. The van der Waals surface area contributed by atoms with Crippen LogP contribution in [0.25, 0.3) is 0 Å². The fourth-order valence-electron chi connectivity index (χ4n) is 2.92. The number of rotatable bonds is 3. The fourth-order valence-corrected chi connectivity index (χ4v) is 4.97. The average Bonchev–Trinajstić information content (AvgIpc) is 3.26. The largest absolute Gasteiger partial charge is 0.217 e. The molecule has 110 valence electrons. The normalized spacial score (nSPS) is 25.4. The van der Waals surface area contributed by atoms with E-state index in [0.29, 0.717) is 19.0 Å². The van der Waals surface area contributed by atoms with Gasteiger partial charge >= 0.3 is 0 Å². The van der Waals surface area contributed by atoms with E-state index in [4.69, 9.17) is 11.6 Å². The standard InChI is InChI=1S/C15H20ClNO2S/c16-14-6-4-12(5-7-14)13-3-1-2-10-17(11-13)20(18,19)15-8-9-15/h4-7,13,15H,1-3,8-11H2. The molecule has 20 heavy (non-hydrogen) atoms. The molecule has 1 atom stereocenters. The molecule has 1 saturated carbocycles. The van der Waals surface area contributed by atoms with Crippen LogP contribution in [-0.2, 0) is 10.0 Å². The number of hydrogen-bond acceptors (Lipinski definition) is 2. The van der Waals surface area contributed by atoms with Gasteiger partial charge in [0.05, 0.1) is 5.25 Å². The topological polar surface area (TPSA) is 37.4 Å². The Labute approximate surface area is 126 Å². The first-order valence-electron chi connectivity index (χ1n) is 7.32. The molecule has 1 aromatic carbocycles. The van der Waals surface area contributed by atoms with E-state index in [2.05, 4.69) is 0 Å². The van der Waals surface area contributed by atoms with Gasteiger partial charge in [-0.1, -0.05) is 30.2 Å². The van der Waals surface area contributed by atoms with Crippen molar-refractivity contribution < 1.29 is 8.42 Å². The molecule has 0 N–H and O–H groups in total. The summed E-state index contributed by atoms with van der Waals surface area (Å²) in [7, 11) is -3.05. The van der Waals surface area contributed by atoms with Crippen molar-refractivity contribution in [2.45, 2.75) is 43.3 Å². The molecule has 0 aromatic heterocycles. The van der Waals surface area contributed by atoms with E-state index in [1.54, 1.807) is 4.31 Å². The molecule has 1 unspecified atom stereocenters. The lowest BCUT2D eigenvalue weighted by molar-refractivity contribution is 0.405. The predicted molar refractivity (Wildman–Crippen MR) is 81.6 cm³/mol. The van der Waals surface area contributed by atoms with E-state index in [1.165, 1.54) is 5.56 Å². The molecule has 3 rings (SSSR count). The van der Waals surface area contributed by atoms with Gasteiger partial charge in [-0.15, -0.1) is 0 Å². The van der Waals surface area contributed by atoms with Gasteiger partial charge in [-0.2, -0.15) is 0 Å². The molecule has 0 radical (unpaired) electrons.